The van der Waals surface area contributed by atoms with Crippen LogP contribution in [0.4, 0.5) is 0 Å². The fourth-order valence-electron chi connectivity index (χ4n) is 1.79. The molecule has 0 aromatic rings. The van der Waals surface area contributed by atoms with E-state index in [2.05, 4.69) is 10.1 Å². The molecule has 1 fully saturated rings. The summed E-state index contributed by atoms with van der Waals surface area (Å²) in [7, 11) is 1.36. The Balaban J connectivity index is 2.20. The highest BCUT2D eigenvalue weighted by Gasteiger charge is 2.22. The van der Waals surface area contributed by atoms with Crippen LogP contribution in [0.25, 0.3) is 0 Å². The summed E-state index contributed by atoms with van der Waals surface area (Å²) in [5.41, 5.74) is 0. The van der Waals surface area contributed by atoms with Gasteiger partial charge in [-0.3, -0.25) is 9.59 Å². The van der Waals surface area contributed by atoms with Gasteiger partial charge in [-0.15, -0.1) is 0 Å². The van der Waals surface area contributed by atoms with E-state index in [4.69, 9.17) is 0 Å². The molecular formula is C11H20N2O3. The Morgan fingerprint density at radius 3 is 2.56 bits per heavy atom. The van der Waals surface area contributed by atoms with E-state index in [1.807, 2.05) is 11.8 Å². The Labute approximate surface area is 96.1 Å². The third-order valence-electron chi connectivity index (χ3n) is 2.80. The summed E-state index contributed by atoms with van der Waals surface area (Å²) in [4.78, 5) is 24.6. The SMILES string of the molecule is COC(=O)CCNC(C)C(=O)N1CCCC1. The first-order valence-corrected chi connectivity index (χ1v) is 5.74. The molecule has 0 saturated carbocycles. The minimum atomic E-state index is -0.256. The number of amides is 1. The number of likely N-dealkylation sites (tertiary alicyclic amines) is 1. The number of ether oxygens (including phenoxy) is 1. The van der Waals surface area contributed by atoms with Gasteiger partial charge in [0.2, 0.25) is 5.91 Å². The second-order valence-electron chi connectivity index (χ2n) is 4.03. The molecule has 1 amide bonds. The molecule has 1 atom stereocenters. The third-order valence-corrected chi connectivity index (χ3v) is 2.80. The molecule has 0 bridgehead atoms. The zero-order chi connectivity index (χ0) is 12.0. The maximum atomic E-state index is 11.8. The molecule has 0 spiro atoms. The Kier molecular flexibility index (Phi) is 5.25. The predicted octanol–water partition coefficient (Wildman–Crippen LogP) is 0.150. The van der Waals surface area contributed by atoms with Crippen molar-refractivity contribution in [3.8, 4) is 0 Å². The summed E-state index contributed by atoms with van der Waals surface area (Å²) in [6.45, 7) is 4.04. The molecule has 5 nitrogen and oxygen atoms in total. The third kappa shape index (κ3) is 3.81. The highest BCUT2D eigenvalue weighted by Crippen LogP contribution is 2.08. The molecule has 0 radical (unpaired) electrons. The van der Waals surface area contributed by atoms with E-state index < -0.39 is 0 Å². The van der Waals surface area contributed by atoms with Crippen LogP contribution in [0.5, 0.6) is 0 Å². The molecule has 1 aliphatic rings. The molecule has 1 rings (SSSR count). The molecular weight excluding hydrogens is 208 g/mol. The number of carbonyl (C=O) groups is 2. The highest BCUT2D eigenvalue weighted by molar-refractivity contribution is 5.81. The van der Waals surface area contributed by atoms with Gasteiger partial charge in [-0.25, -0.2) is 0 Å². The van der Waals surface area contributed by atoms with Gasteiger partial charge in [-0.05, 0) is 19.8 Å². The van der Waals surface area contributed by atoms with Crippen molar-refractivity contribution in [3.05, 3.63) is 0 Å². The van der Waals surface area contributed by atoms with E-state index in [1.165, 1.54) is 7.11 Å². The predicted molar refractivity (Wildman–Crippen MR) is 59.9 cm³/mol. The van der Waals surface area contributed by atoms with Gasteiger partial charge in [0.25, 0.3) is 0 Å². The van der Waals surface area contributed by atoms with Gasteiger partial charge in [0.15, 0.2) is 0 Å². The van der Waals surface area contributed by atoms with E-state index in [1.54, 1.807) is 0 Å². The monoisotopic (exact) mass is 228 g/mol. The lowest BCUT2D eigenvalue weighted by molar-refractivity contribution is -0.141. The Bertz CT molecular complexity index is 250. The van der Waals surface area contributed by atoms with Crippen molar-refractivity contribution in [1.82, 2.24) is 10.2 Å². The average Bonchev–Trinajstić information content (AvgIpc) is 2.81. The van der Waals surface area contributed by atoms with Gasteiger partial charge < -0.3 is 15.0 Å². The topological polar surface area (TPSA) is 58.6 Å². The lowest BCUT2D eigenvalue weighted by Gasteiger charge is -2.20. The minimum absolute atomic E-state index is 0.127. The minimum Gasteiger partial charge on any atom is -0.469 e. The lowest BCUT2D eigenvalue weighted by Crippen LogP contribution is -2.44. The van der Waals surface area contributed by atoms with Crippen molar-refractivity contribution in [2.45, 2.75) is 32.2 Å². The van der Waals surface area contributed by atoms with Crippen molar-refractivity contribution in [2.24, 2.45) is 0 Å². The molecule has 92 valence electrons. The molecule has 0 aromatic heterocycles. The molecule has 0 aliphatic carbocycles. The van der Waals surface area contributed by atoms with E-state index in [-0.39, 0.29) is 17.9 Å². The van der Waals surface area contributed by atoms with E-state index in [9.17, 15) is 9.59 Å². The fraction of sp³-hybridized carbons (Fsp3) is 0.818. The number of hydrogen-bond donors (Lipinski definition) is 1. The second kappa shape index (κ2) is 6.48. The van der Waals surface area contributed by atoms with Crippen molar-refractivity contribution in [2.75, 3.05) is 26.7 Å². The van der Waals surface area contributed by atoms with Crippen LogP contribution in [0.2, 0.25) is 0 Å². The molecule has 1 heterocycles. The quantitative estimate of drug-likeness (QED) is 0.680. The summed E-state index contributed by atoms with van der Waals surface area (Å²) < 4.78 is 4.52. The Morgan fingerprint density at radius 1 is 1.38 bits per heavy atom. The first-order valence-electron chi connectivity index (χ1n) is 5.74. The number of esters is 1. The molecule has 1 aliphatic heterocycles. The molecule has 1 unspecified atom stereocenters. The van der Waals surface area contributed by atoms with E-state index in [0.717, 1.165) is 25.9 Å². The number of nitrogens with zero attached hydrogens (tertiary/aromatic N) is 1. The number of carbonyl (C=O) groups excluding carboxylic acids is 2. The molecule has 5 heteroatoms. The largest absolute Gasteiger partial charge is 0.469 e. The van der Waals surface area contributed by atoms with Crippen LogP contribution in [0, 0.1) is 0 Å². The Morgan fingerprint density at radius 2 is 2.00 bits per heavy atom. The smallest absolute Gasteiger partial charge is 0.306 e. The van der Waals surface area contributed by atoms with Gasteiger partial charge in [0, 0.05) is 19.6 Å². The Hall–Kier alpha value is -1.10. The molecule has 0 aromatic carbocycles. The first-order chi connectivity index (χ1) is 7.65. The maximum Gasteiger partial charge on any atom is 0.306 e. The van der Waals surface area contributed by atoms with Crippen molar-refractivity contribution in [1.29, 1.82) is 0 Å². The number of rotatable bonds is 5. The second-order valence-corrected chi connectivity index (χ2v) is 4.03. The van der Waals surface area contributed by atoms with E-state index >= 15 is 0 Å². The van der Waals surface area contributed by atoms with Crippen molar-refractivity contribution in [3.63, 3.8) is 0 Å². The van der Waals surface area contributed by atoms with Crippen molar-refractivity contribution >= 4 is 11.9 Å². The number of methoxy groups -OCH3 is 1. The summed E-state index contributed by atoms with van der Waals surface area (Å²) in [5.74, 6) is -0.129. The van der Waals surface area contributed by atoms with E-state index in [0.29, 0.717) is 13.0 Å². The van der Waals surface area contributed by atoms with Gasteiger partial charge in [-0.2, -0.15) is 0 Å². The van der Waals surface area contributed by atoms with Crippen LogP contribution < -0.4 is 5.32 Å². The van der Waals surface area contributed by atoms with Crippen LogP contribution in [-0.4, -0.2) is 49.6 Å². The van der Waals surface area contributed by atoms with Gasteiger partial charge in [-0.1, -0.05) is 0 Å². The zero-order valence-corrected chi connectivity index (χ0v) is 9.99. The normalized spacial score (nSPS) is 17.2. The summed E-state index contributed by atoms with van der Waals surface area (Å²) in [6, 6.07) is -0.220. The van der Waals surface area contributed by atoms with Gasteiger partial charge in [0.05, 0.1) is 19.6 Å². The molecule has 16 heavy (non-hydrogen) atoms. The number of nitrogens with one attached hydrogen (secondary N) is 1. The van der Waals surface area contributed by atoms with Crippen LogP contribution in [0.15, 0.2) is 0 Å². The van der Waals surface area contributed by atoms with Crippen LogP contribution in [0.1, 0.15) is 26.2 Å². The maximum absolute atomic E-state index is 11.8. The van der Waals surface area contributed by atoms with Gasteiger partial charge >= 0.3 is 5.97 Å². The first kappa shape index (κ1) is 13.0. The fourth-order valence-corrected chi connectivity index (χ4v) is 1.79. The highest BCUT2D eigenvalue weighted by atomic mass is 16.5. The van der Waals surface area contributed by atoms with Gasteiger partial charge in [0.1, 0.15) is 0 Å². The zero-order valence-electron chi connectivity index (χ0n) is 9.99. The summed E-state index contributed by atoms with van der Waals surface area (Å²) >= 11 is 0. The summed E-state index contributed by atoms with van der Waals surface area (Å²) in [5, 5.41) is 3.03. The van der Waals surface area contributed by atoms with Crippen molar-refractivity contribution < 1.29 is 14.3 Å². The lowest BCUT2D eigenvalue weighted by atomic mass is 10.3. The average molecular weight is 228 g/mol. The summed E-state index contributed by atoms with van der Waals surface area (Å²) in [6.07, 6.45) is 2.50. The van der Waals surface area contributed by atoms with Crippen LogP contribution in [-0.2, 0) is 14.3 Å². The standard InChI is InChI=1S/C11H20N2O3/c1-9(12-6-5-10(14)16-2)11(15)13-7-3-4-8-13/h9,12H,3-8H2,1-2H3. The molecule has 1 N–H and O–H groups in total. The van der Waals surface area contributed by atoms with Crippen LogP contribution >= 0.6 is 0 Å². The van der Waals surface area contributed by atoms with Crippen LogP contribution in [0.3, 0.4) is 0 Å². The molecule has 1 saturated heterocycles. The number of hydrogen-bond acceptors (Lipinski definition) is 4.